The Morgan fingerprint density at radius 2 is 1.45 bits per heavy atom. The van der Waals surface area contributed by atoms with Crippen molar-refractivity contribution in [3.05, 3.63) is 150 Å². The molecule has 11 heteroatoms. The van der Waals surface area contributed by atoms with Crippen LogP contribution in [0.25, 0.3) is 11.8 Å². The number of thiazole rings is 1. The molecule has 0 amide bonds. The highest BCUT2D eigenvalue weighted by Crippen LogP contribution is 2.36. The molecule has 0 radical (unpaired) electrons. The van der Waals surface area contributed by atoms with E-state index in [-0.39, 0.29) is 30.3 Å². The third kappa shape index (κ3) is 8.26. The number of nitrogens with zero attached hydrogens (tertiary/aromatic N) is 2. The van der Waals surface area contributed by atoms with E-state index in [0.29, 0.717) is 63.2 Å². The summed E-state index contributed by atoms with van der Waals surface area (Å²) >= 11 is 1.24. The minimum Gasteiger partial charge on any atom is -0.494 e. The number of esters is 2. The van der Waals surface area contributed by atoms with Gasteiger partial charge < -0.3 is 23.7 Å². The maximum Gasteiger partial charge on any atom is 0.338 e. The van der Waals surface area contributed by atoms with Crippen molar-refractivity contribution >= 4 is 35.0 Å². The number of aromatic nitrogens is 1. The highest BCUT2D eigenvalue weighted by molar-refractivity contribution is 7.07. The molecule has 272 valence electrons. The number of hydrogen-bond donors (Lipinski definition) is 0. The van der Waals surface area contributed by atoms with E-state index < -0.39 is 12.0 Å². The number of hydrogen-bond acceptors (Lipinski definition) is 10. The average Bonchev–Trinajstić information content (AvgIpc) is 3.48. The summed E-state index contributed by atoms with van der Waals surface area (Å²) in [4.78, 5) is 45.5. The zero-order valence-corrected chi connectivity index (χ0v) is 30.8. The summed E-state index contributed by atoms with van der Waals surface area (Å²) in [6.45, 7) is 8.94. The Balaban J connectivity index is 1.40. The van der Waals surface area contributed by atoms with Crippen molar-refractivity contribution < 1.29 is 33.3 Å². The molecule has 0 aliphatic carbocycles. The van der Waals surface area contributed by atoms with Crippen LogP contribution in [0.15, 0.2) is 112 Å². The van der Waals surface area contributed by atoms with Gasteiger partial charge in [-0.05, 0) is 86.9 Å². The van der Waals surface area contributed by atoms with E-state index in [9.17, 15) is 14.4 Å². The Labute approximate surface area is 311 Å². The van der Waals surface area contributed by atoms with Gasteiger partial charge >= 0.3 is 11.9 Å². The van der Waals surface area contributed by atoms with E-state index in [1.54, 1.807) is 42.7 Å². The quantitative estimate of drug-likeness (QED) is 0.119. The molecule has 2 heterocycles. The second kappa shape index (κ2) is 17.1. The first-order valence-corrected chi connectivity index (χ1v) is 18.3. The fourth-order valence-corrected chi connectivity index (χ4v) is 6.94. The molecule has 4 aromatic carbocycles. The van der Waals surface area contributed by atoms with Crippen LogP contribution in [0, 0.1) is 0 Å². The molecule has 1 aliphatic heterocycles. The molecule has 0 unspecified atom stereocenters. The second-order valence-corrected chi connectivity index (χ2v) is 12.8. The number of carbonyl (C=O) groups excluding carboxylic acids is 2. The molecule has 0 spiro atoms. The first-order valence-electron chi connectivity index (χ1n) is 17.5. The maximum absolute atomic E-state index is 14.4. The lowest BCUT2D eigenvalue weighted by atomic mass is 9.93. The topological polar surface area (TPSA) is 115 Å². The van der Waals surface area contributed by atoms with Crippen molar-refractivity contribution in [2.75, 3.05) is 26.4 Å². The molecule has 0 N–H and O–H groups in total. The summed E-state index contributed by atoms with van der Waals surface area (Å²) in [5, 5.41) is 0. The highest BCUT2D eigenvalue weighted by atomic mass is 32.1. The highest BCUT2D eigenvalue weighted by Gasteiger charge is 2.35. The minimum absolute atomic E-state index is 0.161. The van der Waals surface area contributed by atoms with E-state index in [4.69, 9.17) is 28.7 Å². The van der Waals surface area contributed by atoms with Crippen molar-refractivity contribution in [2.24, 2.45) is 4.99 Å². The van der Waals surface area contributed by atoms with Gasteiger partial charge in [-0.15, -0.1) is 0 Å². The van der Waals surface area contributed by atoms with Gasteiger partial charge in [-0.3, -0.25) is 9.36 Å². The van der Waals surface area contributed by atoms with E-state index in [0.717, 1.165) is 16.7 Å². The molecule has 1 aliphatic rings. The van der Waals surface area contributed by atoms with Crippen LogP contribution in [-0.4, -0.2) is 42.9 Å². The van der Waals surface area contributed by atoms with Crippen LogP contribution >= 0.6 is 11.3 Å². The molecule has 53 heavy (non-hydrogen) atoms. The summed E-state index contributed by atoms with van der Waals surface area (Å²) in [6, 6.07) is 28.5. The van der Waals surface area contributed by atoms with E-state index in [1.807, 2.05) is 92.7 Å². The lowest BCUT2D eigenvalue weighted by molar-refractivity contribution is -0.138. The zero-order chi connectivity index (χ0) is 37.3. The third-order valence-electron chi connectivity index (χ3n) is 8.31. The van der Waals surface area contributed by atoms with Crippen molar-refractivity contribution in [1.29, 1.82) is 0 Å². The van der Waals surface area contributed by atoms with Gasteiger partial charge in [-0.2, -0.15) is 0 Å². The molecule has 10 nitrogen and oxygen atoms in total. The van der Waals surface area contributed by atoms with Gasteiger partial charge in [0.1, 0.15) is 12.4 Å². The van der Waals surface area contributed by atoms with Crippen molar-refractivity contribution in [3.63, 3.8) is 0 Å². The smallest absolute Gasteiger partial charge is 0.338 e. The number of ether oxygens (including phenoxy) is 5. The Morgan fingerprint density at radius 3 is 2.13 bits per heavy atom. The first-order chi connectivity index (χ1) is 25.8. The van der Waals surface area contributed by atoms with Gasteiger partial charge in [-0.1, -0.05) is 72.0 Å². The molecule has 0 saturated heterocycles. The van der Waals surface area contributed by atoms with Gasteiger partial charge in [-0.25, -0.2) is 14.6 Å². The lowest BCUT2D eigenvalue weighted by Gasteiger charge is -2.26. The number of carbonyl (C=O) groups is 2. The first kappa shape index (κ1) is 36.8. The Bertz CT molecular complexity index is 2290. The largest absolute Gasteiger partial charge is 0.494 e. The summed E-state index contributed by atoms with van der Waals surface area (Å²) in [7, 11) is 0. The van der Waals surface area contributed by atoms with Crippen molar-refractivity contribution in [1.82, 2.24) is 4.57 Å². The summed E-state index contributed by atoms with van der Waals surface area (Å²) < 4.78 is 30.4. The van der Waals surface area contributed by atoms with Crippen LogP contribution in [0.2, 0.25) is 0 Å². The molecule has 5 aromatic rings. The van der Waals surface area contributed by atoms with Gasteiger partial charge in [0.25, 0.3) is 5.56 Å². The maximum atomic E-state index is 14.4. The van der Waals surface area contributed by atoms with Gasteiger partial charge in [0.2, 0.25) is 0 Å². The average molecular weight is 733 g/mol. The Hall–Kier alpha value is -5.94. The van der Waals surface area contributed by atoms with Gasteiger partial charge in [0.15, 0.2) is 16.3 Å². The van der Waals surface area contributed by atoms with E-state index in [2.05, 4.69) is 0 Å². The molecular weight excluding hydrogens is 693 g/mol. The molecule has 1 atom stereocenters. The van der Waals surface area contributed by atoms with Crippen LogP contribution in [0.1, 0.15) is 66.3 Å². The van der Waals surface area contributed by atoms with Crippen LogP contribution in [-0.2, 0) is 20.9 Å². The number of rotatable bonds is 14. The molecular formula is C42H40N2O8S. The SMILES string of the molecule is CCOC(=O)C1=C(c2ccccc2)N=c2s/c(=C\c3ccc(OCc4ccc(C(=O)OCC)cc4)c(OCC)c3)c(=O)n2[C@H]1c1ccc(OCC)cc1. The number of benzene rings is 4. The lowest BCUT2D eigenvalue weighted by Crippen LogP contribution is -2.40. The Morgan fingerprint density at radius 1 is 0.755 bits per heavy atom. The molecule has 0 fully saturated rings. The van der Waals surface area contributed by atoms with Crippen LogP contribution < -0.4 is 29.1 Å². The number of fused-ring (bicyclic) bond motifs is 1. The van der Waals surface area contributed by atoms with Crippen LogP contribution in [0.5, 0.6) is 17.2 Å². The van der Waals surface area contributed by atoms with E-state index >= 15 is 0 Å². The second-order valence-electron chi connectivity index (χ2n) is 11.8. The normalized spacial score (nSPS) is 13.9. The Kier molecular flexibility index (Phi) is 11.9. The van der Waals surface area contributed by atoms with Gasteiger partial charge in [0, 0.05) is 5.56 Å². The monoisotopic (exact) mass is 732 g/mol. The minimum atomic E-state index is -0.806. The predicted molar refractivity (Wildman–Crippen MR) is 203 cm³/mol. The third-order valence-corrected chi connectivity index (χ3v) is 9.29. The molecule has 1 aromatic heterocycles. The molecule has 0 saturated carbocycles. The fraction of sp³-hybridized carbons (Fsp3) is 0.238. The van der Waals surface area contributed by atoms with Crippen LogP contribution in [0.3, 0.4) is 0 Å². The van der Waals surface area contributed by atoms with Gasteiger partial charge in [0.05, 0.1) is 53.8 Å². The van der Waals surface area contributed by atoms with Crippen molar-refractivity contribution in [2.45, 2.75) is 40.3 Å². The fourth-order valence-electron chi connectivity index (χ4n) is 5.93. The summed E-state index contributed by atoms with van der Waals surface area (Å²) in [5.74, 6) is 0.806. The molecule has 0 bridgehead atoms. The van der Waals surface area contributed by atoms with Crippen LogP contribution in [0.4, 0.5) is 0 Å². The predicted octanol–water partition coefficient (Wildman–Crippen LogP) is 6.49. The zero-order valence-electron chi connectivity index (χ0n) is 30.0. The summed E-state index contributed by atoms with van der Waals surface area (Å²) in [5.41, 5.74) is 3.92. The molecule has 6 rings (SSSR count). The standard InChI is InChI=1S/C42H40N2O8S/c1-5-48-32-21-19-30(20-22-32)38-36(41(47)51-8-4)37(29-12-10-9-11-13-29)43-42-44(38)39(45)35(53-42)25-28-16-23-33(34(24-28)49-6-2)52-26-27-14-17-31(18-15-27)40(46)50-7-3/h9-25,38H,5-8,26H2,1-4H3/b35-25-/t38-/m0/s1. The van der Waals surface area contributed by atoms with E-state index in [1.165, 1.54) is 11.3 Å². The summed E-state index contributed by atoms with van der Waals surface area (Å²) in [6.07, 6.45) is 1.79. The van der Waals surface area contributed by atoms with Crippen molar-refractivity contribution in [3.8, 4) is 17.2 Å².